The first-order valence-electron chi connectivity index (χ1n) is 9.54. The highest BCUT2D eigenvalue weighted by molar-refractivity contribution is 7.80. The summed E-state index contributed by atoms with van der Waals surface area (Å²) in [5.74, 6) is 2.88. The predicted molar refractivity (Wildman–Crippen MR) is 102 cm³/mol. The maximum Gasteiger partial charge on any atom is 0.387 e. The number of alkyl halides is 2. The molecule has 4 aliphatic carbocycles. The summed E-state index contributed by atoms with van der Waals surface area (Å²) in [7, 11) is 0. The Bertz CT molecular complexity index is 629. The van der Waals surface area contributed by atoms with Crippen LogP contribution in [-0.2, 0) is 0 Å². The summed E-state index contributed by atoms with van der Waals surface area (Å²) in [4.78, 5) is 0. The Kier molecular flexibility index (Phi) is 4.80. The summed E-state index contributed by atoms with van der Waals surface area (Å²) in [6, 6.07) is 6.76. The molecule has 0 heterocycles. The molecule has 0 aromatic heterocycles. The van der Waals surface area contributed by atoms with Crippen molar-refractivity contribution < 1.29 is 13.5 Å². The predicted octanol–water partition coefficient (Wildman–Crippen LogP) is 5.18. The number of rotatable bonds is 5. The van der Waals surface area contributed by atoms with E-state index < -0.39 is 6.61 Å². The highest BCUT2D eigenvalue weighted by Crippen LogP contribution is 2.61. The normalized spacial score (nSPS) is 33.2. The van der Waals surface area contributed by atoms with E-state index in [1.165, 1.54) is 50.7 Å². The van der Waals surface area contributed by atoms with E-state index in [4.69, 9.17) is 12.2 Å². The van der Waals surface area contributed by atoms with Gasteiger partial charge in [0.25, 0.3) is 0 Å². The number of halogens is 2. The second-order valence-corrected chi connectivity index (χ2v) is 8.91. The van der Waals surface area contributed by atoms with Crippen LogP contribution in [-0.4, -0.2) is 17.8 Å². The third-order valence-corrected chi connectivity index (χ3v) is 6.91. The standard InChI is InChI=1S/C20H26F2N2OS/c1-12(20-9-13-6-14(10-20)8-15(7-13)11-20)23-19(26)24-16-2-4-17(5-3-16)25-18(21)22/h2-5,12-15,18H,6-11H2,1H3,(H2,23,24,26)/t12-,13?,14?,15?,20?/m1/s1. The van der Waals surface area contributed by atoms with E-state index in [2.05, 4.69) is 22.3 Å². The van der Waals surface area contributed by atoms with Crippen molar-refractivity contribution in [3.8, 4) is 5.75 Å². The smallest absolute Gasteiger partial charge is 0.387 e. The molecule has 3 nitrogen and oxygen atoms in total. The number of hydrogen-bond donors (Lipinski definition) is 2. The van der Waals surface area contributed by atoms with E-state index in [9.17, 15) is 8.78 Å². The molecule has 0 unspecified atom stereocenters. The summed E-state index contributed by atoms with van der Waals surface area (Å²) >= 11 is 5.50. The van der Waals surface area contributed by atoms with Crippen molar-refractivity contribution in [2.24, 2.45) is 23.2 Å². The highest BCUT2D eigenvalue weighted by Gasteiger charge is 2.53. The zero-order valence-corrected chi connectivity index (χ0v) is 15.8. The molecule has 4 bridgehead atoms. The van der Waals surface area contributed by atoms with E-state index in [0.717, 1.165) is 23.4 Å². The summed E-state index contributed by atoms with van der Waals surface area (Å²) < 4.78 is 28.8. The topological polar surface area (TPSA) is 33.3 Å². The Balaban J connectivity index is 1.34. The van der Waals surface area contributed by atoms with Crippen molar-refractivity contribution >= 4 is 23.0 Å². The average Bonchev–Trinajstić information content (AvgIpc) is 2.55. The largest absolute Gasteiger partial charge is 0.435 e. The van der Waals surface area contributed by atoms with Gasteiger partial charge in [0.2, 0.25) is 0 Å². The molecule has 2 N–H and O–H groups in total. The Labute approximate surface area is 158 Å². The summed E-state index contributed by atoms with van der Waals surface area (Å²) in [6.45, 7) is -0.543. The fourth-order valence-corrected chi connectivity index (χ4v) is 6.24. The molecule has 1 aromatic rings. The third-order valence-electron chi connectivity index (χ3n) is 6.69. The first kappa shape index (κ1) is 18.0. The van der Waals surface area contributed by atoms with Gasteiger partial charge in [-0.25, -0.2) is 0 Å². The van der Waals surface area contributed by atoms with Gasteiger partial charge in [-0.1, -0.05) is 0 Å². The lowest BCUT2D eigenvalue weighted by Crippen LogP contribution is -2.56. The van der Waals surface area contributed by atoms with Gasteiger partial charge in [-0.15, -0.1) is 0 Å². The van der Waals surface area contributed by atoms with Gasteiger partial charge in [0.05, 0.1) is 0 Å². The number of ether oxygens (including phenoxy) is 1. The molecule has 142 valence electrons. The van der Waals surface area contributed by atoms with Crippen molar-refractivity contribution in [2.75, 3.05) is 5.32 Å². The first-order valence-corrected chi connectivity index (χ1v) is 9.95. The Morgan fingerprint density at radius 3 is 2.12 bits per heavy atom. The molecule has 4 fully saturated rings. The van der Waals surface area contributed by atoms with E-state index in [-0.39, 0.29) is 5.75 Å². The fourth-order valence-electron chi connectivity index (χ4n) is 5.94. The van der Waals surface area contributed by atoms with Crippen molar-refractivity contribution in [1.29, 1.82) is 0 Å². The third kappa shape index (κ3) is 3.66. The van der Waals surface area contributed by atoms with Crippen LogP contribution in [0.5, 0.6) is 5.75 Å². The molecule has 26 heavy (non-hydrogen) atoms. The van der Waals surface area contributed by atoms with Crippen molar-refractivity contribution in [3.63, 3.8) is 0 Å². The van der Waals surface area contributed by atoms with Crippen molar-refractivity contribution in [1.82, 2.24) is 5.32 Å². The fraction of sp³-hybridized carbons (Fsp3) is 0.650. The molecule has 1 atom stereocenters. The summed E-state index contributed by atoms with van der Waals surface area (Å²) in [6.07, 6.45) is 8.28. The molecule has 0 spiro atoms. The molecule has 0 amide bonds. The molecular formula is C20H26F2N2OS. The van der Waals surface area contributed by atoms with E-state index in [1.54, 1.807) is 12.1 Å². The van der Waals surface area contributed by atoms with Crippen LogP contribution in [0.2, 0.25) is 0 Å². The summed E-state index contributed by atoms with van der Waals surface area (Å²) in [5, 5.41) is 7.26. The minimum absolute atomic E-state index is 0.145. The monoisotopic (exact) mass is 380 g/mol. The SMILES string of the molecule is C[C@@H](NC(=S)Nc1ccc(OC(F)F)cc1)C12CC3CC(CC(C3)C1)C2. The van der Waals surface area contributed by atoms with Crippen LogP contribution >= 0.6 is 12.2 Å². The maximum absolute atomic E-state index is 12.2. The van der Waals surface area contributed by atoms with Gasteiger partial charge < -0.3 is 15.4 Å². The number of nitrogens with one attached hydrogen (secondary N) is 2. The Hall–Kier alpha value is -1.43. The van der Waals surface area contributed by atoms with Gasteiger partial charge in [-0.3, -0.25) is 0 Å². The van der Waals surface area contributed by atoms with Crippen LogP contribution in [0.1, 0.15) is 45.4 Å². The van der Waals surface area contributed by atoms with Gasteiger partial charge in [0.1, 0.15) is 5.75 Å². The van der Waals surface area contributed by atoms with Gasteiger partial charge in [0, 0.05) is 11.7 Å². The lowest BCUT2D eigenvalue weighted by atomic mass is 9.48. The zero-order chi connectivity index (χ0) is 18.3. The molecular weight excluding hydrogens is 354 g/mol. The molecule has 0 aliphatic heterocycles. The van der Waals surface area contributed by atoms with Crippen LogP contribution in [0.15, 0.2) is 24.3 Å². The van der Waals surface area contributed by atoms with Crippen molar-refractivity contribution in [3.05, 3.63) is 24.3 Å². The minimum atomic E-state index is -2.81. The minimum Gasteiger partial charge on any atom is -0.435 e. The van der Waals surface area contributed by atoms with Crippen LogP contribution in [0.25, 0.3) is 0 Å². The highest BCUT2D eigenvalue weighted by atomic mass is 32.1. The quantitative estimate of drug-likeness (QED) is 0.690. The van der Waals surface area contributed by atoms with Crippen LogP contribution in [0.4, 0.5) is 14.5 Å². The number of benzene rings is 1. The number of hydrogen-bond acceptors (Lipinski definition) is 2. The molecule has 5 rings (SSSR count). The Morgan fingerprint density at radius 2 is 1.62 bits per heavy atom. The van der Waals surface area contributed by atoms with E-state index in [1.807, 2.05) is 0 Å². The zero-order valence-electron chi connectivity index (χ0n) is 15.0. The first-order chi connectivity index (χ1) is 12.4. The Morgan fingerprint density at radius 1 is 1.08 bits per heavy atom. The molecule has 1 aromatic carbocycles. The maximum atomic E-state index is 12.2. The number of anilines is 1. The van der Waals surface area contributed by atoms with E-state index in [0.29, 0.717) is 16.6 Å². The molecule has 4 saturated carbocycles. The van der Waals surface area contributed by atoms with Gasteiger partial charge in [-0.2, -0.15) is 8.78 Å². The lowest BCUT2D eigenvalue weighted by molar-refractivity contribution is -0.0671. The van der Waals surface area contributed by atoms with Gasteiger partial charge in [-0.05, 0) is 105 Å². The van der Waals surface area contributed by atoms with Crippen LogP contribution in [0.3, 0.4) is 0 Å². The molecule has 0 radical (unpaired) electrons. The summed E-state index contributed by atoms with van der Waals surface area (Å²) in [5.41, 5.74) is 1.15. The van der Waals surface area contributed by atoms with Crippen LogP contribution < -0.4 is 15.4 Å². The molecule has 0 saturated heterocycles. The molecule has 4 aliphatic rings. The van der Waals surface area contributed by atoms with Gasteiger partial charge in [0.15, 0.2) is 5.11 Å². The number of thiocarbonyl (C=S) groups is 1. The lowest BCUT2D eigenvalue weighted by Gasteiger charge is -2.59. The van der Waals surface area contributed by atoms with E-state index >= 15 is 0 Å². The van der Waals surface area contributed by atoms with Crippen LogP contribution in [0, 0.1) is 23.2 Å². The van der Waals surface area contributed by atoms with Gasteiger partial charge >= 0.3 is 6.61 Å². The second-order valence-electron chi connectivity index (χ2n) is 8.50. The average molecular weight is 381 g/mol. The second kappa shape index (κ2) is 6.95. The van der Waals surface area contributed by atoms with Crippen molar-refractivity contribution in [2.45, 2.75) is 58.1 Å². The molecule has 6 heteroatoms.